The molecule has 0 spiro atoms. The third kappa shape index (κ3) is 8.26. The maximum Gasteiger partial charge on any atom is 0.374 e. The number of methoxy groups -OCH3 is 2. The van der Waals surface area contributed by atoms with E-state index in [2.05, 4.69) is 23.8 Å². The molecular formula is C21H34O5. The molecule has 1 saturated carbocycles. The van der Waals surface area contributed by atoms with Crippen molar-refractivity contribution in [1.29, 1.82) is 0 Å². The van der Waals surface area contributed by atoms with Crippen LogP contribution >= 0.6 is 0 Å². The molecule has 0 aromatic heterocycles. The van der Waals surface area contributed by atoms with Crippen molar-refractivity contribution in [2.75, 3.05) is 20.8 Å². The molecule has 3 atom stereocenters. The Morgan fingerprint density at radius 3 is 2.69 bits per heavy atom. The van der Waals surface area contributed by atoms with Gasteiger partial charge in [-0.25, -0.2) is 4.79 Å². The number of rotatable bonds is 13. The third-order valence-electron chi connectivity index (χ3n) is 5.22. The molecule has 0 N–H and O–H groups in total. The first-order valence-corrected chi connectivity index (χ1v) is 9.79. The molecule has 1 fully saturated rings. The van der Waals surface area contributed by atoms with Crippen LogP contribution in [0.5, 0.6) is 0 Å². The van der Waals surface area contributed by atoms with E-state index in [4.69, 9.17) is 4.74 Å². The summed E-state index contributed by atoms with van der Waals surface area (Å²) in [6, 6.07) is 0. The van der Waals surface area contributed by atoms with Crippen LogP contribution in [-0.4, -0.2) is 38.4 Å². The molecule has 1 aliphatic carbocycles. The van der Waals surface area contributed by atoms with Gasteiger partial charge in [-0.1, -0.05) is 31.9 Å². The van der Waals surface area contributed by atoms with Gasteiger partial charge in [-0.05, 0) is 43.9 Å². The first kappa shape index (κ1) is 22.6. The SMILES string of the molecule is COCCC(C)CC=C[C@H]1CCC(=O)[C@@H]1CCCCCC(=O)C(=O)OC. The van der Waals surface area contributed by atoms with E-state index in [0.717, 1.165) is 45.1 Å². The molecule has 1 aliphatic rings. The Morgan fingerprint density at radius 2 is 2.00 bits per heavy atom. The Balaban J connectivity index is 2.29. The molecule has 0 aromatic rings. The average molecular weight is 366 g/mol. The van der Waals surface area contributed by atoms with Crippen LogP contribution in [0.2, 0.25) is 0 Å². The monoisotopic (exact) mass is 366 g/mol. The zero-order chi connectivity index (χ0) is 19.4. The van der Waals surface area contributed by atoms with Crippen molar-refractivity contribution < 1.29 is 23.9 Å². The largest absolute Gasteiger partial charge is 0.463 e. The average Bonchev–Trinajstić information content (AvgIpc) is 2.98. The predicted octanol–water partition coefficient (Wildman–Crippen LogP) is 3.89. The van der Waals surface area contributed by atoms with Crippen LogP contribution < -0.4 is 0 Å². The molecule has 0 aliphatic heterocycles. The fraction of sp³-hybridized carbons (Fsp3) is 0.762. The minimum Gasteiger partial charge on any atom is -0.463 e. The minimum atomic E-state index is -0.763. The number of carbonyl (C=O) groups is 3. The van der Waals surface area contributed by atoms with E-state index in [0.29, 0.717) is 30.5 Å². The smallest absolute Gasteiger partial charge is 0.374 e. The molecule has 148 valence electrons. The van der Waals surface area contributed by atoms with Gasteiger partial charge in [0.25, 0.3) is 0 Å². The van der Waals surface area contributed by atoms with Gasteiger partial charge in [0.1, 0.15) is 5.78 Å². The van der Waals surface area contributed by atoms with E-state index in [1.807, 2.05) is 0 Å². The fourth-order valence-electron chi connectivity index (χ4n) is 3.50. The second-order valence-corrected chi connectivity index (χ2v) is 7.34. The number of Topliss-reactive ketones (excluding diaryl/α,β-unsaturated/α-hetero) is 2. The summed E-state index contributed by atoms with van der Waals surface area (Å²) in [5, 5.41) is 0. The number of ketones is 2. The molecule has 0 saturated heterocycles. The first-order valence-electron chi connectivity index (χ1n) is 9.79. The van der Waals surface area contributed by atoms with E-state index in [1.54, 1.807) is 7.11 Å². The van der Waals surface area contributed by atoms with Crippen LogP contribution in [0.1, 0.15) is 64.7 Å². The number of carbonyl (C=O) groups excluding carboxylic acids is 3. The van der Waals surface area contributed by atoms with Gasteiger partial charge in [-0.2, -0.15) is 0 Å². The van der Waals surface area contributed by atoms with Gasteiger partial charge in [0, 0.05) is 32.5 Å². The topological polar surface area (TPSA) is 69.7 Å². The molecule has 0 amide bonds. The molecule has 5 heteroatoms. The number of allylic oxidation sites excluding steroid dienone is 2. The van der Waals surface area contributed by atoms with E-state index in [1.165, 1.54) is 7.11 Å². The van der Waals surface area contributed by atoms with E-state index >= 15 is 0 Å². The number of unbranched alkanes of at least 4 members (excludes halogenated alkanes) is 2. The van der Waals surface area contributed by atoms with Gasteiger partial charge in [0.05, 0.1) is 7.11 Å². The molecular weight excluding hydrogens is 332 g/mol. The lowest BCUT2D eigenvalue weighted by Crippen LogP contribution is -2.15. The van der Waals surface area contributed by atoms with Crippen molar-refractivity contribution in [3.8, 4) is 0 Å². The van der Waals surface area contributed by atoms with Gasteiger partial charge in [-0.15, -0.1) is 0 Å². The molecule has 0 aromatic carbocycles. The number of ether oxygens (including phenoxy) is 2. The Kier molecular flexibility index (Phi) is 11.1. The zero-order valence-corrected chi connectivity index (χ0v) is 16.5. The first-order chi connectivity index (χ1) is 12.5. The maximum absolute atomic E-state index is 12.2. The van der Waals surface area contributed by atoms with Crippen molar-refractivity contribution >= 4 is 17.5 Å². The number of esters is 1. The fourth-order valence-corrected chi connectivity index (χ4v) is 3.50. The van der Waals surface area contributed by atoms with Crippen LogP contribution in [-0.2, 0) is 23.9 Å². The highest BCUT2D eigenvalue weighted by molar-refractivity contribution is 6.33. The summed E-state index contributed by atoms with van der Waals surface area (Å²) in [7, 11) is 2.95. The standard InChI is InChI=1S/C21H34O5/c1-16(14-15-25-2)8-7-9-17-12-13-19(22)18(17)10-5-4-6-11-20(23)21(24)26-3/h7,9,16-18H,4-6,8,10-15H2,1-3H3/t16?,17-,18+/m0/s1. The summed E-state index contributed by atoms with van der Waals surface area (Å²) in [5.74, 6) is 0.214. The van der Waals surface area contributed by atoms with Crippen LogP contribution in [0.25, 0.3) is 0 Å². The molecule has 1 unspecified atom stereocenters. The van der Waals surface area contributed by atoms with Crippen LogP contribution in [0.3, 0.4) is 0 Å². The molecule has 0 radical (unpaired) electrons. The van der Waals surface area contributed by atoms with Gasteiger partial charge in [-0.3, -0.25) is 9.59 Å². The molecule has 0 bridgehead atoms. The highest BCUT2D eigenvalue weighted by Gasteiger charge is 2.32. The molecule has 26 heavy (non-hydrogen) atoms. The Bertz CT molecular complexity index is 483. The van der Waals surface area contributed by atoms with E-state index < -0.39 is 11.8 Å². The van der Waals surface area contributed by atoms with Crippen molar-refractivity contribution in [3.63, 3.8) is 0 Å². The number of hydrogen-bond donors (Lipinski definition) is 0. The highest BCUT2D eigenvalue weighted by atomic mass is 16.5. The predicted molar refractivity (Wildman–Crippen MR) is 101 cm³/mol. The molecule has 5 nitrogen and oxygen atoms in total. The quantitative estimate of drug-likeness (QED) is 0.214. The van der Waals surface area contributed by atoms with Crippen molar-refractivity contribution in [3.05, 3.63) is 12.2 Å². The van der Waals surface area contributed by atoms with Gasteiger partial charge >= 0.3 is 5.97 Å². The molecule has 0 heterocycles. The van der Waals surface area contributed by atoms with Crippen molar-refractivity contribution in [2.24, 2.45) is 17.8 Å². The summed E-state index contributed by atoms with van der Waals surface area (Å²) in [4.78, 5) is 34.6. The van der Waals surface area contributed by atoms with E-state index in [9.17, 15) is 14.4 Å². The van der Waals surface area contributed by atoms with Crippen LogP contribution in [0.4, 0.5) is 0 Å². The minimum absolute atomic E-state index is 0.122. The Labute approximate surface area is 157 Å². The summed E-state index contributed by atoms with van der Waals surface area (Å²) in [5.41, 5.74) is 0. The molecule has 1 rings (SSSR count). The van der Waals surface area contributed by atoms with Crippen molar-refractivity contribution in [1.82, 2.24) is 0 Å². The normalized spacial score (nSPS) is 21.3. The lowest BCUT2D eigenvalue weighted by atomic mass is 9.89. The maximum atomic E-state index is 12.2. The van der Waals surface area contributed by atoms with Gasteiger partial charge in [0.2, 0.25) is 5.78 Å². The van der Waals surface area contributed by atoms with Crippen LogP contribution in [0, 0.1) is 17.8 Å². The van der Waals surface area contributed by atoms with Gasteiger partial charge in [0.15, 0.2) is 0 Å². The second kappa shape index (κ2) is 12.8. The lowest BCUT2D eigenvalue weighted by molar-refractivity contribution is -0.151. The summed E-state index contributed by atoms with van der Waals surface area (Å²) in [6.45, 7) is 3.01. The van der Waals surface area contributed by atoms with Crippen LogP contribution in [0.15, 0.2) is 12.2 Å². The zero-order valence-electron chi connectivity index (χ0n) is 16.5. The van der Waals surface area contributed by atoms with E-state index in [-0.39, 0.29) is 12.3 Å². The second-order valence-electron chi connectivity index (χ2n) is 7.34. The third-order valence-corrected chi connectivity index (χ3v) is 5.22. The lowest BCUT2D eigenvalue weighted by Gasteiger charge is -2.15. The number of hydrogen-bond acceptors (Lipinski definition) is 5. The van der Waals surface area contributed by atoms with Gasteiger partial charge < -0.3 is 9.47 Å². The Hall–Kier alpha value is -1.49. The summed E-state index contributed by atoms with van der Waals surface area (Å²) in [6.07, 6.45) is 11.7. The summed E-state index contributed by atoms with van der Waals surface area (Å²) < 4.78 is 9.51. The van der Waals surface area contributed by atoms with Crippen molar-refractivity contribution in [2.45, 2.75) is 64.7 Å². The summed E-state index contributed by atoms with van der Waals surface area (Å²) >= 11 is 0. The Morgan fingerprint density at radius 1 is 1.23 bits per heavy atom. The highest BCUT2D eigenvalue weighted by Crippen LogP contribution is 2.34.